The lowest BCUT2D eigenvalue weighted by molar-refractivity contribution is 0.288. The highest BCUT2D eigenvalue weighted by Crippen LogP contribution is 2.40. The first kappa shape index (κ1) is 35.5. The zero-order valence-electron chi connectivity index (χ0n) is 29.5. The molecule has 4 nitrogen and oxygen atoms in total. The SMILES string of the molecule is CCCCC(C)CN(c1ccc2c(c1)Cc1c/c(=C/OCC(CCCC)SCC)ccc1=C2c1ccccc1O)c1c(C)cccc1O. The van der Waals surface area contributed by atoms with Crippen LogP contribution >= 0.6 is 11.8 Å². The van der Waals surface area contributed by atoms with Gasteiger partial charge in [-0.25, -0.2) is 0 Å². The lowest BCUT2D eigenvalue weighted by Gasteiger charge is -2.31. The Bertz CT molecular complexity index is 1780. The quantitative estimate of drug-likeness (QED) is 0.110. The smallest absolute Gasteiger partial charge is 0.139 e. The summed E-state index contributed by atoms with van der Waals surface area (Å²) in [5.74, 6) is 2.13. The van der Waals surface area contributed by atoms with Crippen molar-refractivity contribution in [2.45, 2.75) is 84.8 Å². The van der Waals surface area contributed by atoms with Gasteiger partial charge in [0.05, 0.1) is 18.6 Å². The molecule has 0 radical (unpaired) electrons. The van der Waals surface area contributed by atoms with Crippen LogP contribution in [0.25, 0.3) is 11.8 Å². The summed E-state index contributed by atoms with van der Waals surface area (Å²) in [6.45, 7) is 12.6. The van der Waals surface area contributed by atoms with Crippen LogP contribution < -0.4 is 15.3 Å². The summed E-state index contributed by atoms with van der Waals surface area (Å²) in [5, 5.41) is 24.9. The second-order valence-corrected chi connectivity index (χ2v) is 14.9. The number of thioether (sulfide) groups is 1. The number of fused-ring (bicyclic) bond motifs is 2. The number of aromatic hydroxyl groups is 2. The van der Waals surface area contributed by atoms with Crippen LogP contribution in [-0.4, -0.2) is 34.4 Å². The molecule has 0 fully saturated rings. The molecule has 0 heterocycles. The topological polar surface area (TPSA) is 52.9 Å². The fraction of sp³-hybridized carbons (Fsp3) is 0.395. The van der Waals surface area contributed by atoms with Gasteiger partial charge in [-0.15, -0.1) is 0 Å². The maximum atomic E-state index is 11.1. The van der Waals surface area contributed by atoms with Gasteiger partial charge >= 0.3 is 0 Å². The first-order chi connectivity index (χ1) is 23.3. The Morgan fingerprint density at radius 1 is 0.833 bits per heavy atom. The second-order valence-electron chi connectivity index (χ2n) is 13.3. The molecule has 0 aliphatic heterocycles. The minimum Gasteiger partial charge on any atom is -0.507 e. The van der Waals surface area contributed by atoms with E-state index in [1.807, 2.05) is 42.3 Å². The first-order valence-corrected chi connectivity index (χ1v) is 18.9. The monoisotopic (exact) mass is 663 g/mol. The maximum Gasteiger partial charge on any atom is 0.139 e. The van der Waals surface area contributed by atoms with Crippen LogP contribution in [0.4, 0.5) is 11.4 Å². The molecular formula is C43H53NO3S. The van der Waals surface area contributed by atoms with Crippen molar-refractivity contribution in [1.29, 1.82) is 0 Å². The van der Waals surface area contributed by atoms with Crippen LogP contribution in [0.1, 0.15) is 94.0 Å². The van der Waals surface area contributed by atoms with Gasteiger partial charge in [-0.05, 0) is 95.7 Å². The number of anilines is 2. The number of nitrogens with zero attached hydrogens (tertiary/aromatic N) is 1. The fourth-order valence-corrected chi connectivity index (χ4v) is 7.93. The van der Waals surface area contributed by atoms with Crippen LogP contribution in [0.2, 0.25) is 0 Å². The number of phenols is 2. The predicted octanol–water partition coefficient (Wildman–Crippen LogP) is 9.59. The molecule has 1 aliphatic carbocycles. The third kappa shape index (κ3) is 8.41. The molecule has 0 bridgehead atoms. The highest BCUT2D eigenvalue weighted by atomic mass is 32.2. The average molecular weight is 664 g/mol. The van der Waals surface area contributed by atoms with Crippen molar-refractivity contribution in [3.63, 3.8) is 0 Å². The first-order valence-electron chi connectivity index (χ1n) is 17.9. The van der Waals surface area contributed by atoms with Crippen molar-refractivity contribution in [3.05, 3.63) is 117 Å². The minimum absolute atomic E-state index is 0.275. The Labute approximate surface area is 292 Å². The Morgan fingerprint density at radius 2 is 1.60 bits per heavy atom. The molecule has 5 rings (SSSR count). The van der Waals surface area contributed by atoms with Gasteiger partial charge < -0.3 is 19.8 Å². The standard InChI is InChI=1S/C43H53NO3S/c1-6-9-14-30(4)27-44(43-31(5)15-13-19-41(43)46)35-21-23-38-34(26-35)25-33-24-32(28-47-29-36(48-8-3)16-10-7-2)20-22-37(33)42(38)39-17-11-12-18-40(39)45/h11-13,15,17-24,26,28,30,36,45-46H,6-10,14,16,25,27,29H2,1-5H3/b32-28+. The molecule has 4 aromatic rings. The normalized spacial score (nSPS) is 13.9. The van der Waals surface area contributed by atoms with Crippen molar-refractivity contribution < 1.29 is 14.9 Å². The average Bonchev–Trinajstić information content (AvgIpc) is 3.08. The molecule has 4 aromatic carbocycles. The molecular weight excluding hydrogens is 611 g/mol. The zero-order valence-corrected chi connectivity index (χ0v) is 30.3. The number of aryl methyl sites for hydroxylation is 1. The van der Waals surface area contributed by atoms with Gasteiger partial charge in [-0.1, -0.05) is 102 Å². The molecule has 0 spiro atoms. The highest BCUT2D eigenvalue weighted by Gasteiger charge is 2.24. The molecule has 2 N–H and O–H groups in total. The fourth-order valence-electron chi connectivity index (χ4n) is 6.95. The summed E-state index contributed by atoms with van der Waals surface area (Å²) in [4.78, 5) is 2.31. The molecule has 0 saturated carbocycles. The molecule has 2 unspecified atom stereocenters. The number of phenolic OH excluding ortho intramolecular Hbond substituents is 2. The van der Waals surface area contributed by atoms with Crippen molar-refractivity contribution in [2.75, 3.05) is 23.8 Å². The second kappa shape index (κ2) is 17.0. The van der Waals surface area contributed by atoms with E-state index < -0.39 is 0 Å². The van der Waals surface area contributed by atoms with Gasteiger partial charge in [-0.2, -0.15) is 11.8 Å². The van der Waals surface area contributed by atoms with Crippen molar-refractivity contribution >= 4 is 35.0 Å². The number of benzene rings is 4. The Morgan fingerprint density at radius 3 is 2.35 bits per heavy atom. The zero-order chi connectivity index (χ0) is 34.0. The van der Waals surface area contributed by atoms with E-state index in [4.69, 9.17) is 4.74 Å². The van der Waals surface area contributed by atoms with Crippen LogP contribution in [0.3, 0.4) is 0 Å². The molecule has 48 heavy (non-hydrogen) atoms. The summed E-state index contributed by atoms with van der Waals surface area (Å²) in [6.07, 6.45) is 9.79. The molecule has 0 aromatic heterocycles. The Balaban J connectivity index is 1.58. The van der Waals surface area contributed by atoms with E-state index in [0.29, 0.717) is 16.9 Å². The maximum absolute atomic E-state index is 11.1. The van der Waals surface area contributed by atoms with Crippen LogP contribution in [0.15, 0.2) is 78.9 Å². The van der Waals surface area contributed by atoms with E-state index in [1.165, 1.54) is 43.2 Å². The van der Waals surface area contributed by atoms with Gasteiger partial charge in [0.2, 0.25) is 0 Å². The van der Waals surface area contributed by atoms with E-state index in [0.717, 1.165) is 75.8 Å². The molecule has 2 atom stereocenters. The van der Waals surface area contributed by atoms with Gasteiger partial charge in [-0.3, -0.25) is 0 Å². The van der Waals surface area contributed by atoms with Crippen molar-refractivity contribution in [1.82, 2.24) is 0 Å². The third-order valence-electron chi connectivity index (χ3n) is 9.44. The summed E-state index contributed by atoms with van der Waals surface area (Å²) in [7, 11) is 0. The van der Waals surface area contributed by atoms with Gasteiger partial charge in [0.25, 0.3) is 0 Å². The Kier molecular flexibility index (Phi) is 12.6. The van der Waals surface area contributed by atoms with E-state index in [-0.39, 0.29) is 5.75 Å². The van der Waals surface area contributed by atoms with E-state index in [2.05, 4.69) is 82.0 Å². The predicted molar refractivity (Wildman–Crippen MR) is 205 cm³/mol. The van der Waals surface area contributed by atoms with Crippen molar-refractivity contribution in [2.24, 2.45) is 5.92 Å². The molecule has 1 aliphatic rings. The van der Waals surface area contributed by atoms with Crippen LogP contribution in [0, 0.1) is 12.8 Å². The summed E-state index contributed by atoms with van der Waals surface area (Å²) in [5.41, 5.74) is 8.41. The molecule has 254 valence electrons. The van der Waals surface area contributed by atoms with Crippen LogP contribution in [0.5, 0.6) is 11.5 Å². The summed E-state index contributed by atoms with van der Waals surface area (Å²) < 4.78 is 6.19. The van der Waals surface area contributed by atoms with Crippen molar-refractivity contribution in [3.8, 4) is 11.5 Å². The molecule has 0 saturated heterocycles. The van der Waals surface area contributed by atoms with Gasteiger partial charge in [0.1, 0.15) is 11.5 Å². The number of hydrogen-bond donors (Lipinski definition) is 2. The number of ether oxygens (including phenoxy) is 1. The van der Waals surface area contributed by atoms with Gasteiger partial charge in [0.15, 0.2) is 0 Å². The minimum atomic E-state index is 0.275. The molecule has 5 heteroatoms. The summed E-state index contributed by atoms with van der Waals surface area (Å²) >= 11 is 1.99. The molecule has 0 amide bonds. The van der Waals surface area contributed by atoms with Gasteiger partial charge in [0, 0.05) is 33.8 Å². The number of hydrogen-bond acceptors (Lipinski definition) is 5. The van der Waals surface area contributed by atoms with E-state index >= 15 is 0 Å². The lowest BCUT2D eigenvalue weighted by Crippen LogP contribution is -2.26. The summed E-state index contributed by atoms with van der Waals surface area (Å²) in [6, 6.07) is 26.7. The number of para-hydroxylation sites is 2. The lowest BCUT2D eigenvalue weighted by atomic mass is 9.82. The number of rotatable bonds is 16. The Hall–Kier alpha value is -3.83. The van der Waals surface area contributed by atoms with Crippen LogP contribution in [-0.2, 0) is 11.2 Å². The third-order valence-corrected chi connectivity index (χ3v) is 10.6. The largest absolute Gasteiger partial charge is 0.507 e. The number of unbranched alkanes of at least 4 members (excludes halogenated alkanes) is 2. The van der Waals surface area contributed by atoms with E-state index in [9.17, 15) is 10.2 Å². The van der Waals surface area contributed by atoms with E-state index in [1.54, 1.807) is 12.1 Å². The highest BCUT2D eigenvalue weighted by molar-refractivity contribution is 7.99.